The van der Waals surface area contributed by atoms with Gasteiger partial charge in [0.15, 0.2) is 18.9 Å². The summed E-state index contributed by atoms with van der Waals surface area (Å²) in [5.41, 5.74) is 0. The van der Waals surface area contributed by atoms with Gasteiger partial charge in [-0.1, -0.05) is 0 Å². The van der Waals surface area contributed by atoms with Gasteiger partial charge < -0.3 is 74.8 Å². The number of carbonyl (C=O) groups is 1. The van der Waals surface area contributed by atoms with Crippen molar-refractivity contribution in [3.8, 4) is 0 Å². The second-order valence-electron chi connectivity index (χ2n) is 7.52. The number of hydrogen-bond donors (Lipinski definition) is 10. The summed E-state index contributed by atoms with van der Waals surface area (Å²) in [6, 6.07) is 0. The molecule has 0 unspecified atom stereocenters. The fourth-order valence-electron chi connectivity index (χ4n) is 3.30. The number of carbonyl (C=O) groups excluding carboxylic acids is 1. The van der Waals surface area contributed by atoms with E-state index >= 15 is 0 Å². The molecule has 2 saturated heterocycles. The third kappa shape index (κ3) is 5.96. The maximum atomic E-state index is 10.9. The van der Waals surface area contributed by atoms with Crippen LogP contribution in [-0.2, 0) is 23.7 Å². The predicted octanol–water partition coefficient (Wildman–Crippen LogP) is -7.09. The Bertz CT molecular complexity index is 578. The summed E-state index contributed by atoms with van der Waals surface area (Å²) in [7, 11) is 0. The Kier molecular flexibility index (Phi) is 10.3. The van der Waals surface area contributed by atoms with Crippen molar-refractivity contribution >= 4 is 6.29 Å². The van der Waals surface area contributed by atoms with Gasteiger partial charge in [-0.2, -0.15) is 0 Å². The van der Waals surface area contributed by atoms with Gasteiger partial charge in [0, 0.05) is 0 Å². The molecule has 0 aromatic carbocycles. The van der Waals surface area contributed by atoms with Crippen molar-refractivity contribution in [1.82, 2.24) is 0 Å². The minimum atomic E-state index is -1.93. The lowest BCUT2D eigenvalue weighted by atomic mass is 9.98. The summed E-state index contributed by atoms with van der Waals surface area (Å²) in [5.74, 6) is 0. The lowest BCUT2D eigenvalue weighted by molar-refractivity contribution is -0.341. The van der Waals surface area contributed by atoms with Crippen LogP contribution in [0.4, 0.5) is 0 Å². The third-order valence-electron chi connectivity index (χ3n) is 5.28. The molecule has 0 aromatic heterocycles. The van der Waals surface area contributed by atoms with Crippen molar-refractivity contribution < 1.29 is 74.8 Å². The first-order valence-electron chi connectivity index (χ1n) is 9.76. The van der Waals surface area contributed by atoms with Crippen LogP contribution in [-0.4, -0.2) is 157 Å². The number of aliphatic hydroxyl groups is 10. The Labute approximate surface area is 181 Å². The average Bonchev–Trinajstić information content (AvgIpc) is 2.80. The zero-order valence-electron chi connectivity index (χ0n) is 16.7. The van der Waals surface area contributed by atoms with E-state index in [1.165, 1.54) is 0 Å². The third-order valence-corrected chi connectivity index (χ3v) is 5.28. The van der Waals surface area contributed by atoms with Gasteiger partial charge >= 0.3 is 0 Å². The SMILES string of the molecule is O=C[C@H](O)[C@@H](O[C@@H]1O[C@H](CO[C@@H]2O[C@H](CO)[C@H](O)[C@H](O)[C@H]2O)[C@H](O)[C@H](O)[C@H]1O)[C@@H](O)CO. The normalized spacial score (nSPS) is 43.4. The van der Waals surface area contributed by atoms with Crippen molar-refractivity contribution in [2.75, 3.05) is 19.8 Å². The molecule has 0 bridgehead atoms. The van der Waals surface area contributed by atoms with Crippen LogP contribution in [0.1, 0.15) is 0 Å². The predicted molar refractivity (Wildman–Crippen MR) is 96.4 cm³/mol. The van der Waals surface area contributed by atoms with Crippen molar-refractivity contribution in [2.45, 2.75) is 79.7 Å². The van der Waals surface area contributed by atoms with Gasteiger partial charge in [0.05, 0.1) is 19.8 Å². The molecular formula is C17H30O15. The number of hydrogen-bond acceptors (Lipinski definition) is 15. The lowest BCUT2D eigenvalue weighted by Gasteiger charge is -2.43. The van der Waals surface area contributed by atoms with Gasteiger partial charge in [-0.05, 0) is 0 Å². The molecule has 2 aliphatic rings. The molecule has 13 atom stereocenters. The second kappa shape index (κ2) is 12.0. The number of ether oxygens (including phenoxy) is 4. The Morgan fingerprint density at radius 3 is 1.84 bits per heavy atom. The van der Waals surface area contributed by atoms with E-state index in [0.717, 1.165) is 0 Å². The Balaban J connectivity index is 2.07. The molecule has 2 aliphatic heterocycles. The van der Waals surface area contributed by atoms with Crippen LogP contribution in [0.15, 0.2) is 0 Å². The highest BCUT2D eigenvalue weighted by Crippen LogP contribution is 2.27. The summed E-state index contributed by atoms with van der Waals surface area (Å²) in [6.07, 6.45) is -22.2. The van der Waals surface area contributed by atoms with Crippen molar-refractivity contribution in [3.05, 3.63) is 0 Å². The largest absolute Gasteiger partial charge is 0.394 e. The molecule has 15 heteroatoms. The molecule has 2 heterocycles. The van der Waals surface area contributed by atoms with Crippen LogP contribution in [0.3, 0.4) is 0 Å². The van der Waals surface area contributed by atoms with E-state index in [2.05, 4.69) is 0 Å². The van der Waals surface area contributed by atoms with Gasteiger partial charge in [-0.3, -0.25) is 0 Å². The molecule has 188 valence electrons. The van der Waals surface area contributed by atoms with Gasteiger partial charge in [0.25, 0.3) is 0 Å². The number of rotatable bonds is 10. The number of aliphatic hydroxyl groups excluding tert-OH is 10. The Morgan fingerprint density at radius 1 is 0.781 bits per heavy atom. The summed E-state index contributed by atoms with van der Waals surface area (Å²) in [4.78, 5) is 10.9. The molecule has 0 aliphatic carbocycles. The highest BCUT2D eigenvalue weighted by Gasteiger charge is 2.48. The Morgan fingerprint density at radius 2 is 1.31 bits per heavy atom. The maximum absolute atomic E-state index is 10.9. The monoisotopic (exact) mass is 474 g/mol. The van der Waals surface area contributed by atoms with Crippen LogP contribution >= 0.6 is 0 Å². The minimum Gasteiger partial charge on any atom is -0.394 e. The van der Waals surface area contributed by atoms with Gasteiger partial charge in [-0.25, -0.2) is 0 Å². The van der Waals surface area contributed by atoms with Crippen LogP contribution in [0, 0.1) is 0 Å². The number of aldehydes is 1. The zero-order valence-corrected chi connectivity index (χ0v) is 16.7. The first-order chi connectivity index (χ1) is 15.1. The van der Waals surface area contributed by atoms with Gasteiger partial charge in [0.1, 0.15) is 67.1 Å². The molecule has 0 saturated carbocycles. The smallest absolute Gasteiger partial charge is 0.187 e. The zero-order chi connectivity index (χ0) is 24.2. The first-order valence-corrected chi connectivity index (χ1v) is 9.76. The van der Waals surface area contributed by atoms with E-state index in [4.69, 9.17) is 24.1 Å². The summed E-state index contributed by atoms with van der Waals surface area (Å²) in [5, 5.41) is 97.6. The maximum Gasteiger partial charge on any atom is 0.187 e. The highest BCUT2D eigenvalue weighted by atomic mass is 16.7. The van der Waals surface area contributed by atoms with Crippen LogP contribution in [0.25, 0.3) is 0 Å². The van der Waals surface area contributed by atoms with Crippen molar-refractivity contribution in [2.24, 2.45) is 0 Å². The molecular weight excluding hydrogens is 444 g/mol. The Hall–Kier alpha value is -0.890. The van der Waals surface area contributed by atoms with Crippen LogP contribution < -0.4 is 0 Å². The highest BCUT2D eigenvalue weighted by molar-refractivity contribution is 5.56. The topological polar surface area (TPSA) is 256 Å². The van der Waals surface area contributed by atoms with E-state index in [1.807, 2.05) is 0 Å². The van der Waals surface area contributed by atoms with E-state index in [0.29, 0.717) is 0 Å². The first kappa shape index (κ1) is 27.4. The van der Waals surface area contributed by atoms with Crippen LogP contribution in [0.2, 0.25) is 0 Å². The van der Waals surface area contributed by atoms with E-state index in [1.54, 1.807) is 0 Å². The lowest BCUT2D eigenvalue weighted by Crippen LogP contribution is -2.62. The summed E-state index contributed by atoms with van der Waals surface area (Å²) >= 11 is 0. The van der Waals surface area contributed by atoms with Crippen molar-refractivity contribution in [3.63, 3.8) is 0 Å². The molecule has 32 heavy (non-hydrogen) atoms. The molecule has 15 nitrogen and oxygen atoms in total. The molecule has 2 rings (SSSR count). The fraction of sp³-hybridized carbons (Fsp3) is 0.941. The van der Waals surface area contributed by atoms with E-state index < -0.39 is 99.5 Å². The molecule has 0 amide bonds. The van der Waals surface area contributed by atoms with E-state index in [-0.39, 0.29) is 6.29 Å². The standard InChI is InChI=1S/C17H30O15/c18-1-5(21)15(6(22)2-19)32-17-14(28)12(26)10(24)8(31-17)4-29-16-13(27)11(25)9(23)7(3-20)30-16/h1,5-17,19-28H,2-4H2/t5-,6-,7+,8+,9-,10-,11-,12-,13+,14+,15+,16+,17-/m0/s1. The quantitative estimate of drug-likeness (QED) is 0.132. The van der Waals surface area contributed by atoms with Gasteiger partial charge in [0.2, 0.25) is 0 Å². The molecule has 0 spiro atoms. The van der Waals surface area contributed by atoms with E-state index in [9.17, 15) is 50.8 Å². The molecule has 10 N–H and O–H groups in total. The molecule has 2 fully saturated rings. The van der Waals surface area contributed by atoms with Crippen molar-refractivity contribution in [1.29, 1.82) is 0 Å². The minimum absolute atomic E-state index is 0.00371. The average molecular weight is 474 g/mol. The molecule has 0 aromatic rings. The molecule has 0 radical (unpaired) electrons. The summed E-state index contributed by atoms with van der Waals surface area (Å²) in [6.45, 7) is -2.26. The summed E-state index contributed by atoms with van der Waals surface area (Å²) < 4.78 is 20.9. The van der Waals surface area contributed by atoms with Gasteiger partial charge in [-0.15, -0.1) is 0 Å². The fourth-order valence-corrected chi connectivity index (χ4v) is 3.30. The van der Waals surface area contributed by atoms with Crippen LogP contribution in [0.5, 0.6) is 0 Å². The second-order valence-corrected chi connectivity index (χ2v) is 7.52.